The van der Waals surface area contributed by atoms with E-state index in [1.807, 2.05) is 42.9 Å². The molecule has 134 valence electrons. The van der Waals surface area contributed by atoms with E-state index in [9.17, 15) is 0 Å². The average Bonchev–Trinajstić information content (AvgIpc) is 3.25. The molecule has 0 saturated carbocycles. The van der Waals surface area contributed by atoms with E-state index < -0.39 is 0 Å². The lowest BCUT2D eigenvalue weighted by Crippen LogP contribution is -2.49. The molecule has 5 rings (SSSR count). The van der Waals surface area contributed by atoms with Crippen LogP contribution in [0.5, 0.6) is 0 Å². The van der Waals surface area contributed by atoms with Crippen LogP contribution < -0.4 is 9.80 Å². The summed E-state index contributed by atoms with van der Waals surface area (Å²) in [6.45, 7) is 6.92. The molecule has 5 heterocycles. The molecule has 2 fully saturated rings. The molecular weight excluding hydrogens is 328 g/mol. The standard InChI is InChI=1S/C18H22N8/c1-12-3-6-20-18(21-12)24-8-4-14-5-9-26(15(14)11-24)16-17-23-22-13(2)25(17)10-7-19-16/h3,6-7,10,14-15H,4-5,8-9,11H2,1-2H3. The lowest BCUT2D eigenvalue weighted by molar-refractivity contribution is 0.387. The van der Waals surface area contributed by atoms with Crippen LogP contribution in [-0.2, 0) is 0 Å². The molecule has 0 N–H and O–H groups in total. The van der Waals surface area contributed by atoms with Crippen molar-refractivity contribution >= 4 is 17.4 Å². The van der Waals surface area contributed by atoms with Gasteiger partial charge in [-0.15, -0.1) is 10.2 Å². The van der Waals surface area contributed by atoms with Gasteiger partial charge in [0.25, 0.3) is 0 Å². The number of piperidine rings is 1. The number of nitrogens with zero attached hydrogens (tertiary/aromatic N) is 8. The Labute approximate surface area is 151 Å². The summed E-state index contributed by atoms with van der Waals surface area (Å²) >= 11 is 0. The summed E-state index contributed by atoms with van der Waals surface area (Å²) in [5.74, 6) is 3.34. The van der Waals surface area contributed by atoms with Crippen LogP contribution in [0.4, 0.5) is 11.8 Å². The topological polar surface area (TPSA) is 75.3 Å². The Morgan fingerprint density at radius 2 is 1.92 bits per heavy atom. The number of aryl methyl sites for hydroxylation is 2. The Hall–Kier alpha value is -2.77. The molecule has 2 aliphatic rings. The molecule has 26 heavy (non-hydrogen) atoms. The molecule has 0 amide bonds. The number of fused-ring (bicyclic) bond motifs is 2. The van der Waals surface area contributed by atoms with E-state index in [1.54, 1.807) is 0 Å². The first-order chi connectivity index (χ1) is 12.7. The molecule has 3 aromatic rings. The Morgan fingerprint density at radius 3 is 2.81 bits per heavy atom. The van der Waals surface area contributed by atoms with Gasteiger partial charge in [-0.1, -0.05) is 0 Å². The second kappa shape index (κ2) is 5.89. The van der Waals surface area contributed by atoms with Crippen molar-refractivity contribution in [3.63, 3.8) is 0 Å². The van der Waals surface area contributed by atoms with Gasteiger partial charge in [0, 0.05) is 43.9 Å². The highest BCUT2D eigenvalue weighted by Crippen LogP contribution is 2.36. The van der Waals surface area contributed by atoms with Crippen molar-refractivity contribution in [2.45, 2.75) is 32.7 Å². The van der Waals surface area contributed by atoms with Crippen molar-refractivity contribution in [2.75, 3.05) is 29.4 Å². The monoisotopic (exact) mass is 350 g/mol. The summed E-state index contributed by atoms with van der Waals surface area (Å²) in [5.41, 5.74) is 1.85. The molecule has 2 atom stereocenters. The van der Waals surface area contributed by atoms with Crippen LogP contribution in [0, 0.1) is 19.8 Å². The molecule has 2 saturated heterocycles. The zero-order valence-electron chi connectivity index (χ0n) is 15.1. The molecule has 3 aromatic heterocycles. The molecule has 0 spiro atoms. The lowest BCUT2D eigenvalue weighted by atomic mass is 9.92. The fraction of sp³-hybridized carbons (Fsp3) is 0.500. The van der Waals surface area contributed by atoms with Crippen molar-refractivity contribution in [2.24, 2.45) is 5.92 Å². The summed E-state index contributed by atoms with van der Waals surface area (Å²) in [7, 11) is 0. The van der Waals surface area contributed by atoms with Crippen LogP contribution in [-0.4, -0.2) is 55.2 Å². The van der Waals surface area contributed by atoms with E-state index in [-0.39, 0.29) is 0 Å². The van der Waals surface area contributed by atoms with Gasteiger partial charge in [0.1, 0.15) is 5.82 Å². The van der Waals surface area contributed by atoms with Crippen LogP contribution in [0.2, 0.25) is 0 Å². The third kappa shape index (κ3) is 2.40. The fourth-order valence-electron chi connectivity index (χ4n) is 4.30. The highest BCUT2D eigenvalue weighted by Gasteiger charge is 2.40. The highest BCUT2D eigenvalue weighted by molar-refractivity contribution is 5.65. The van der Waals surface area contributed by atoms with E-state index in [0.717, 1.165) is 55.0 Å². The maximum atomic E-state index is 4.66. The minimum Gasteiger partial charge on any atom is -0.348 e. The third-order valence-electron chi connectivity index (χ3n) is 5.68. The number of anilines is 2. The van der Waals surface area contributed by atoms with Crippen molar-refractivity contribution in [1.82, 2.24) is 29.5 Å². The van der Waals surface area contributed by atoms with Gasteiger partial charge in [-0.3, -0.25) is 4.40 Å². The Morgan fingerprint density at radius 1 is 1.04 bits per heavy atom. The SMILES string of the molecule is Cc1ccnc(N2CCC3CCN(c4nccn5c(C)nnc45)C3C2)n1. The summed E-state index contributed by atoms with van der Waals surface area (Å²) in [6, 6.07) is 2.35. The maximum Gasteiger partial charge on any atom is 0.225 e. The largest absolute Gasteiger partial charge is 0.348 e. The van der Waals surface area contributed by atoms with E-state index >= 15 is 0 Å². The zero-order chi connectivity index (χ0) is 17.7. The summed E-state index contributed by atoms with van der Waals surface area (Å²) in [5, 5.41) is 8.58. The van der Waals surface area contributed by atoms with Crippen LogP contribution in [0.1, 0.15) is 24.4 Å². The van der Waals surface area contributed by atoms with Gasteiger partial charge in [-0.25, -0.2) is 15.0 Å². The van der Waals surface area contributed by atoms with E-state index in [4.69, 9.17) is 0 Å². The van der Waals surface area contributed by atoms with Gasteiger partial charge in [-0.05, 0) is 38.7 Å². The van der Waals surface area contributed by atoms with Crippen molar-refractivity contribution < 1.29 is 0 Å². The van der Waals surface area contributed by atoms with Crippen LogP contribution in [0.15, 0.2) is 24.7 Å². The molecule has 0 radical (unpaired) electrons. The molecule has 0 aromatic carbocycles. The number of hydrogen-bond donors (Lipinski definition) is 0. The maximum absolute atomic E-state index is 4.66. The third-order valence-corrected chi connectivity index (χ3v) is 5.68. The second-order valence-electron chi connectivity index (χ2n) is 7.23. The first-order valence-corrected chi connectivity index (χ1v) is 9.18. The molecule has 8 heteroatoms. The Bertz CT molecular complexity index is 951. The van der Waals surface area contributed by atoms with Crippen molar-refractivity contribution in [1.29, 1.82) is 0 Å². The average molecular weight is 350 g/mol. The minimum atomic E-state index is 0.406. The van der Waals surface area contributed by atoms with Gasteiger partial charge in [0.15, 0.2) is 5.82 Å². The smallest absolute Gasteiger partial charge is 0.225 e. The highest BCUT2D eigenvalue weighted by atomic mass is 15.3. The van der Waals surface area contributed by atoms with E-state index in [0.29, 0.717) is 12.0 Å². The molecule has 2 unspecified atom stereocenters. The normalized spacial score (nSPS) is 22.8. The van der Waals surface area contributed by atoms with Crippen LogP contribution in [0.25, 0.3) is 5.65 Å². The number of rotatable bonds is 2. The zero-order valence-corrected chi connectivity index (χ0v) is 15.1. The molecule has 8 nitrogen and oxygen atoms in total. The first-order valence-electron chi connectivity index (χ1n) is 9.18. The summed E-state index contributed by atoms with van der Waals surface area (Å²) < 4.78 is 2.01. The molecule has 0 bridgehead atoms. The number of aromatic nitrogens is 6. The summed E-state index contributed by atoms with van der Waals surface area (Å²) in [4.78, 5) is 18.5. The molecular formula is C18H22N8. The van der Waals surface area contributed by atoms with Crippen LogP contribution >= 0.6 is 0 Å². The van der Waals surface area contributed by atoms with Gasteiger partial charge < -0.3 is 9.80 Å². The van der Waals surface area contributed by atoms with Gasteiger partial charge in [-0.2, -0.15) is 0 Å². The predicted octanol–water partition coefficient (Wildman–Crippen LogP) is 1.64. The van der Waals surface area contributed by atoms with Crippen molar-refractivity contribution in [3.8, 4) is 0 Å². The van der Waals surface area contributed by atoms with Gasteiger partial charge in [0.2, 0.25) is 11.6 Å². The first kappa shape index (κ1) is 15.5. The number of hydrogen-bond acceptors (Lipinski definition) is 7. The van der Waals surface area contributed by atoms with Gasteiger partial charge >= 0.3 is 0 Å². The molecule has 0 aliphatic carbocycles. The fourth-order valence-corrected chi connectivity index (χ4v) is 4.30. The molecule has 2 aliphatic heterocycles. The Balaban J connectivity index is 1.48. The van der Waals surface area contributed by atoms with Gasteiger partial charge in [0.05, 0.1) is 6.04 Å². The quantitative estimate of drug-likeness (QED) is 0.695. The predicted molar refractivity (Wildman–Crippen MR) is 98.4 cm³/mol. The lowest BCUT2D eigenvalue weighted by Gasteiger charge is -2.38. The van der Waals surface area contributed by atoms with Crippen molar-refractivity contribution in [3.05, 3.63) is 36.2 Å². The van der Waals surface area contributed by atoms with E-state index in [1.165, 1.54) is 6.42 Å². The minimum absolute atomic E-state index is 0.406. The van der Waals surface area contributed by atoms with E-state index in [2.05, 4.69) is 34.9 Å². The second-order valence-corrected chi connectivity index (χ2v) is 7.23. The Kier molecular flexibility index (Phi) is 3.51. The van der Waals surface area contributed by atoms with Crippen LogP contribution in [0.3, 0.4) is 0 Å². The summed E-state index contributed by atoms with van der Waals surface area (Å²) in [6.07, 6.45) is 7.97.